The van der Waals surface area contributed by atoms with Gasteiger partial charge in [0.05, 0.1) is 17.9 Å². The number of furan rings is 1. The molecule has 1 N–H and O–H groups in total. The van der Waals surface area contributed by atoms with Gasteiger partial charge in [0.1, 0.15) is 11.6 Å². The summed E-state index contributed by atoms with van der Waals surface area (Å²) in [6.45, 7) is 7.53. The summed E-state index contributed by atoms with van der Waals surface area (Å²) in [4.78, 5) is 18.9. The Morgan fingerprint density at radius 3 is 2.93 bits per heavy atom. The molecule has 1 amide bonds. The summed E-state index contributed by atoms with van der Waals surface area (Å²) in [6.07, 6.45) is 7.79. The minimum absolute atomic E-state index is 0.165. The van der Waals surface area contributed by atoms with Crippen LogP contribution in [-0.2, 0) is 13.0 Å². The molecule has 8 heteroatoms. The van der Waals surface area contributed by atoms with Crippen LogP contribution >= 0.6 is 0 Å². The fourth-order valence-electron chi connectivity index (χ4n) is 3.72. The van der Waals surface area contributed by atoms with E-state index in [0.717, 1.165) is 50.0 Å². The van der Waals surface area contributed by atoms with Crippen LogP contribution in [0.25, 0.3) is 6.08 Å². The highest BCUT2D eigenvalue weighted by atomic mass is 16.3. The van der Waals surface area contributed by atoms with Crippen LogP contribution in [0.1, 0.15) is 47.7 Å². The molecule has 3 aromatic heterocycles. The molecule has 0 bridgehead atoms. The second-order valence-electron chi connectivity index (χ2n) is 7.60. The number of pyridine rings is 1. The number of nitrogens with zero attached hydrogens (tertiary/aromatic N) is 5. The fraction of sp³-hybridized carbons (Fsp3) is 0.364. The first-order chi connectivity index (χ1) is 14.6. The van der Waals surface area contributed by atoms with E-state index in [1.54, 1.807) is 30.8 Å². The third-order valence-electron chi connectivity index (χ3n) is 5.21. The third-order valence-corrected chi connectivity index (χ3v) is 5.21. The molecule has 0 saturated carbocycles. The van der Waals surface area contributed by atoms with E-state index in [0.29, 0.717) is 5.56 Å². The lowest BCUT2D eigenvalue weighted by atomic mass is 10.2. The Hall–Kier alpha value is -3.26. The SMILES string of the molecule is C/C(=C\c1ccco1)CN1CCc2nnc([C@H](C)NC(=O)c3cccnc3)n2CC1. The van der Waals surface area contributed by atoms with Crippen molar-refractivity contribution in [1.29, 1.82) is 0 Å². The highest BCUT2D eigenvalue weighted by Crippen LogP contribution is 2.17. The van der Waals surface area contributed by atoms with E-state index >= 15 is 0 Å². The highest BCUT2D eigenvalue weighted by Gasteiger charge is 2.23. The molecular formula is C22H26N6O2. The van der Waals surface area contributed by atoms with Crippen molar-refractivity contribution in [3.05, 3.63) is 71.5 Å². The normalized spacial score (nSPS) is 16.0. The molecule has 8 nitrogen and oxygen atoms in total. The Morgan fingerprint density at radius 1 is 1.27 bits per heavy atom. The van der Waals surface area contributed by atoms with Gasteiger partial charge < -0.3 is 14.3 Å². The molecule has 0 radical (unpaired) electrons. The zero-order valence-corrected chi connectivity index (χ0v) is 17.3. The Bertz CT molecular complexity index is 1010. The number of carbonyl (C=O) groups is 1. The quantitative estimate of drug-likeness (QED) is 0.677. The summed E-state index contributed by atoms with van der Waals surface area (Å²) in [5.74, 6) is 2.45. The maximum atomic E-state index is 12.5. The number of nitrogens with one attached hydrogen (secondary N) is 1. The number of hydrogen-bond donors (Lipinski definition) is 1. The molecule has 0 fully saturated rings. The average molecular weight is 406 g/mol. The second-order valence-corrected chi connectivity index (χ2v) is 7.60. The first-order valence-corrected chi connectivity index (χ1v) is 10.2. The highest BCUT2D eigenvalue weighted by molar-refractivity contribution is 5.94. The molecule has 0 spiro atoms. The molecule has 4 rings (SSSR count). The van der Waals surface area contributed by atoms with Crippen LogP contribution in [0.3, 0.4) is 0 Å². The van der Waals surface area contributed by atoms with Gasteiger partial charge in [0, 0.05) is 45.0 Å². The molecule has 0 saturated heterocycles. The fourth-order valence-corrected chi connectivity index (χ4v) is 3.72. The Morgan fingerprint density at radius 2 is 2.17 bits per heavy atom. The lowest BCUT2D eigenvalue weighted by molar-refractivity contribution is 0.0937. The van der Waals surface area contributed by atoms with Crippen LogP contribution in [0, 0.1) is 0 Å². The van der Waals surface area contributed by atoms with Crippen molar-refractivity contribution in [2.45, 2.75) is 32.9 Å². The van der Waals surface area contributed by atoms with Crippen LogP contribution < -0.4 is 5.32 Å². The molecule has 4 heterocycles. The second kappa shape index (κ2) is 9.04. The summed E-state index contributed by atoms with van der Waals surface area (Å²) >= 11 is 0. The first kappa shape index (κ1) is 20.0. The van der Waals surface area contributed by atoms with E-state index in [2.05, 4.69) is 43.0 Å². The largest absolute Gasteiger partial charge is 0.465 e. The number of hydrogen-bond acceptors (Lipinski definition) is 6. The number of carbonyl (C=O) groups excluding carboxylic acids is 1. The summed E-state index contributed by atoms with van der Waals surface area (Å²) in [5.41, 5.74) is 1.78. The van der Waals surface area contributed by atoms with Gasteiger partial charge in [-0.05, 0) is 44.2 Å². The average Bonchev–Trinajstić information content (AvgIpc) is 3.36. The van der Waals surface area contributed by atoms with Crippen LogP contribution in [0.15, 0.2) is 52.9 Å². The molecule has 1 aliphatic rings. The zero-order valence-electron chi connectivity index (χ0n) is 17.3. The minimum atomic E-state index is -0.244. The summed E-state index contributed by atoms with van der Waals surface area (Å²) < 4.78 is 7.54. The molecule has 0 aliphatic carbocycles. The van der Waals surface area contributed by atoms with Crippen molar-refractivity contribution in [3.63, 3.8) is 0 Å². The molecule has 3 aromatic rings. The van der Waals surface area contributed by atoms with Crippen molar-refractivity contribution >= 4 is 12.0 Å². The molecule has 30 heavy (non-hydrogen) atoms. The molecule has 156 valence electrons. The van der Waals surface area contributed by atoms with Gasteiger partial charge in [0.2, 0.25) is 0 Å². The molecular weight excluding hydrogens is 380 g/mol. The van der Waals surface area contributed by atoms with Gasteiger partial charge in [-0.1, -0.05) is 5.57 Å². The van der Waals surface area contributed by atoms with Crippen LogP contribution in [-0.4, -0.2) is 50.2 Å². The topological polar surface area (TPSA) is 89.1 Å². The number of aromatic nitrogens is 4. The van der Waals surface area contributed by atoms with Gasteiger partial charge in [-0.3, -0.25) is 14.7 Å². The van der Waals surface area contributed by atoms with Crippen molar-refractivity contribution in [3.8, 4) is 0 Å². The Labute approximate surface area is 175 Å². The lowest BCUT2D eigenvalue weighted by Gasteiger charge is -2.20. The predicted molar refractivity (Wildman–Crippen MR) is 113 cm³/mol. The summed E-state index contributed by atoms with van der Waals surface area (Å²) in [6, 6.07) is 7.11. The third kappa shape index (κ3) is 4.65. The van der Waals surface area contributed by atoms with E-state index in [9.17, 15) is 4.79 Å². The summed E-state index contributed by atoms with van der Waals surface area (Å²) in [5, 5.41) is 11.7. The van der Waals surface area contributed by atoms with E-state index < -0.39 is 0 Å². The van der Waals surface area contributed by atoms with Crippen molar-refractivity contribution in [2.24, 2.45) is 0 Å². The smallest absolute Gasteiger partial charge is 0.253 e. The van der Waals surface area contributed by atoms with Crippen molar-refractivity contribution in [1.82, 2.24) is 30.0 Å². The maximum absolute atomic E-state index is 12.5. The lowest BCUT2D eigenvalue weighted by Crippen LogP contribution is -2.31. The summed E-state index contributed by atoms with van der Waals surface area (Å²) in [7, 11) is 0. The molecule has 0 unspecified atom stereocenters. The maximum Gasteiger partial charge on any atom is 0.253 e. The van der Waals surface area contributed by atoms with Gasteiger partial charge in [-0.2, -0.15) is 0 Å². The van der Waals surface area contributed by atoms with E-state index in [4.69, 9.17) is 4.42 Å². The number of amides is 1. The van der Waals surface area contributed by atoms with Crippen LogP contribution in [0.4, 0.5) is 0 Å². The molecule has 0 aromatic carbocycles. The number of fused-ring (bicyclic) bond motifs is 1. The molecule has 1 atom stereocenters. The van der Waals surface area contributed by atoms with Crippen molar-refractivity contribution < 1.29 is 9.21 Å². The predicted octanol–water partition coefficient (Wildman–Crippen LogP) is 2.72. The van der Waals surface area contributed by atoms with E-state index in [-0.39, 0.29) is 11.9 Å². The van der Waals surface area contributed by atoms with Crippen molar-refractivity contribution in [2.75, 3.05) is 19.6 Å². The first-order valence-electron chi connectivity index (χ1n) is 10.2. The Balaban J connectivity index is 1.39. The standard InChI is InChI=1S/C22H26N6O2/c1-16(13-19-6-4-12-30-19)15-27-9-7-20-25-26-21(28(20)11-10-27)17(2)24-22(29)18-5-3-8-23-14-18/h3-6,8,12-14,17H,7,9-11,15H2,1-2H3,(H,24,29)/b16-13+/t17-/m0/s1. The zero-order chi connectivity index (χ0) is 20.9. The van der Waals surface area contributed by atoms with Gasteiger partial charge >= 0.3 is 0 Å². The molecule has 1 aliphatic heterocycles. The van der Waals surface area contributed by atoms with E-state index in [1.165, 1.54) is 5.57 Å². The van der Waals surface area contributed by atoms with Crippen LogP contribution in [0.5, 0.6) is 0 Å². The van der Waals surface area contributed by atoms with E-state index in [1.807, 2.05) is 19.1 Å². The minimum Gasteiger partial charge on any atom is -0.465 e. The Kier molecular flexibility index (Phi) is 6.04. The van der Waals surface area contributed by atoms with Gasteiger partial charge in [-0.15, -0.1) is 10.2 Å². The van der Waals surface area contributed by atoms with Gasteiger partial charge in [-0.25, -0.2) is 0 Å². The monoisotopic (exact) mass is 406 g/mol. The van der Waals surface area contributed by atoms with Gasteiger partial charge in [0.25, 0.3) is 5.91 Å². The van der Waals surface area contributed by atoms with Gasteiger partial charge in [0.15, 0.2) is 5.82 Å². The van der Waals surface area contributed by atoms with Crippen LogP contribution in [0.2, 0.25) is 0 Å². The number of rotatable bonds is 6.